The zero-order valence-electron chi connectivity index (χ0n) is 13.4. The monoisotopic (exact) mass is 311 g/mol. The van der Waals surface area contributed by atoms with Crippen molar-refractivity contribution in [3.05, 3.63) is 42.5 Å². The topological polar surface area (TPSA) is 75.6 Å². The second-order valence-electron chi connectivity index (χ2n) is 5.93. The Hall–Kier alpha value is -2.63. The van der Waals surface area contributed by atoms with Crippen LogP contribution in [0.25, 0.3) is 11.0 Å². The number of imidazole rings is 1. The molecule has 3 rings (SSSR count). The molecule has 0 unspecified atom stereocenters. The molecule has 0 saturated heterocycles. The average Bonchev–Trinajstić information content (AvgIpc) is 3.15. The average molecular weight is 311 g/mol. The van der Waals surface area contributed by atoms with Gasteiger partial charge in [-0.3, -0.25) is 9.48 Å². The number of fused-ring (bicyclic) bond motifs is 1. The zero-order valence-corrected chi connectivity index (χ0v) is 13.4. The van der Waals surface area contributed by atoms with Crippen LogP contribution in [0.3, 0.4) is 0 Å². The Morgan fingerprint density at radius 3 is 3.00 bits per heavy atom. The van der Waals surface area contributed by atoms with E-state index in [-0.39, 0.29) is 5.91 Å². The molecule has 1 aromatic carbocycles. The van der Waals surface area contributed by atoms with Gasteiger partial charge in [0.15, 0.2) is 0 Å². The Morgan fingerprint density at radius 2 is 2.26 bits per heavy atom. The lowest BCUT2D eigenvalue weighted by Crippen LogP contribution is -2.12. The fourth-order valence-electron chi connectivity index (χ4n) is 2.44. The maximum Gasteiger partial charge on any atom is 0.224 e. The molecule has 2 aromatic heterocycles. The molecule has 0 aliphatic heterocycles. The van der Waals surface area contributed by atoms with Gasteiger partial charge in [0, 0.05) is 37.0 Å². The second kappa shape index (κ2) is 6.64. The Labute approximate surface area is 134 Å². The number of nitrogens with zero attached hydrogens (tertiary/aromatic N) is 3. The largest absolute Gasteiger partial charge is 0.342 e. The molecule has 3 aromatic rings. The van der Waals surface area contributed by atoms with Crippen molar-refractivity contribution < 1.29 is 4.79 Å². The first kappa shape index (κ1) is 15.3. The van der Waals surface area contributed by atoms with Gasteiger partial charge in [-0.25, -0.2) is 4.98 Å². The fourth-order valence-corrected chi connectivity index (χ4v) is 2.44. The highest BCUT2D eigenvalue weighted by molar-refractivity contribution is 5.93. The van der Waals surface area contributed by atoms with Crippen molar-refractivity contribution in [2.24, 2.45) is 0 Å². The molecule has 0 bridgehead atoms. The van der Waals surface area contributed by atoms with Crippen molar-refractivity contribution in [3.63, 3.8) is 0 Å². The lowest BCUT2D eigenvalue weighted by Gasteiger charge is -2.05. The van der Waals surface area contributed by atoms with E-state index in [2.05, 4.69) is 34.2 Å². The summed E-state index contributed by atoms with van der Waals surface area (Å²) in [7, 11) is 0. The SMILES string of the molecule is CC(C)c1nc2ccc(NC(=O)CCCn3cccn3)cc2[nH]1. The summed E-state index contributed by atoms with van der Waals surface area (Å²) in [6.07, 6.45) is 4.87. The van der Waals surface area contributed by atoms with Gasteiger partial charge in [0.1, 0.15) is 5.82 Å². The van der Waals surface area contributed by atoms with Gasteiger partial charge < -0.3 is 10.3 Å². The third kappa shape index (κ3) is 3.77. The number of aromatic nitrogens is 4. The summed E-state index contributed by atoms with van der Waals surface area (Å²) in [6.45, 7) is 4.94. The van der Waals surface area contributed by atoms with Crippen molar-refractivity contribution in [1.82, 2.24) is 19.7 Å². The Kier molecular flexibility index (Phi) is 4.41. The van der Waals surface area contributed by atoms with E-state index in [4.69, 9.17) is 0 Å². The minimum atomic E-state index is 0.0140. The fraction of sp³-hybridized carbons (Fsp3) is 0.353. The third-order valence-corrected chi connectivity index (χ3v) is 3.68. The summed E-state index contributed by atoms with van der Waals surface area (Å²) in [5.41, 5.74) is 2.66. The van der Waals surface area contributed by atoms with Crippen LogP contribution in [0.2, 0.25) is 0 Å². The minimum Gasteiger partial charge on any atom is -0.342 e. The van der Waals surface area contributed by atoms with Gasteiger partial charge >= 0.3 is 0 Å². The maximum atomic E-state index is 12.0. The summed E-state index contributed by atoms with van der Waals surface area (Å²) < 4.78 is 1.83. The number of rotatable bonds is 6. The third-order valence-electron chi connectivity index (χ3n) is 3.68. The van der Waals surface area contributed by atoms with Gasteiger partial charge in [-0.2, -0.15) is 5.10 Å². The van der Waals surface area contributed by atoms with Crippen LogP contribution in [-0.2, 0) is 11.3 Å². The lowest BCUT2D eigenvalue weighted by atomic mass is 10.2. The first-order valence-corrected chi connectivity index (χ1v) is 7.89. The van der Waals surface area contributed by atoms with Crippen molar-refractivity contribution >= 4 is 22.6 Å². The molecule has 0 spiro atoms. The van der Waals surface area contributed by atoms with Crippen LogP contribution in [0.15, 0.2) is 36.7 Å². The van der Waals surface area contributed by atoms with E-state index in [9.17, 15) is 4.79 Å². The summed E-state index contributed by atoms with van der Waals surface area (Å²) in [6, 6.07) is 7.63. The molecule has 6 nitrogen and oxygen atoms in total. The van der Waals surface area contributed by atoms with E-state index in [0.29, 0.717) is 12.3 Å². The smallest absolute Gasteiger partial charge is 0.224 e. The number of aromatic amines is 1. The second-order valence-corrected chi connectivity index (χ2v) is 5.93. The van der Waals surface area contributed by atoms with E-state index >= 15 is 0 Å². The minimum absolute atomic E-state index is 0.0140. The normalized spacial score (nSPS) is 11.3. The highest BCUT2D eigenvalue weighted by atomic mass is 16.1. The standard InChI is InChI=1S/C17H21N5O/c1-12(2)17-20-14-7-6-13(11-15(14)21-17)19-16(23)5-3-9-22-10-4-8-18-22/h4,6-8,10-12H,3,5,9H2,1-2H3,(H,19,23)(H,20,21). The van der Waals surface area contributed by atoms with Crippen molar-refractivity contribution in [3.8, 4) is 0 Å². The van der Waals surface area contributed by atoms with Crippen LogP contribution in [0.4, 0.5) is 5.69 Å². The number of aryl methyl sites for hydroxylation is 1. The number of H-pyrrole nitrogens is 1. The predicted octanol–water partition coefficient (Wildman–Crippen LogP) is 3.30. The number of benzene rings is 1. The van der Waals surface area contributed by atoms with Crippen LogP contribution in [0, 0.1) is 0 Å². The zero-order chi connectivity index (χ0) is 16.2. The van der Waals surface area contributed by atoms with Crippen molar-refractivity contribution in [2.75, 3.05) is 5.32 Å². The highest BCUT2D eigenvalue weighted by Gasteiger charge is 2.08. The molecular weight excluding hydrogens is 290 g/mol. The number of hydrogen-bond acceptors (Lipinski definition) is 3. The molecule has 1 amide bonds. The van der Waals surface area contributed by atoms with E-state index in [1.165, 1.54) is 0 Å². The van der Waals surface area contributed by atoms with Gasteiger partial charge in [-0.1, -0.05) is 13.8 Å². The van der Waals surface area contributed by atoms with Crippen molar-refractivity contribution in [2.45, 2.75) is 39.2 Å². The Balaban J connectivity index is 1.58. The van der Waals surface area contributed by atoms with Gasteiger partial charge in [0.25, 0.3) is 0 Å². The van der Waals surface area contributed by atoms with Crippen LogP contribution < -0.4 is 5.32 Å². The van der Waals surface area contributed by atoms with Crippen LogP contribution in [-0.4, -0.2) is 25.7 Å². The lowest BCUT2D eigenvalue weighted by molar-refractivity contribution is -0.116. The van der Waals surface area contributed by atoms with E-state index in [1.807, 2.05) is 35.1 Å². The molecule has 0 atom stereocenters. The molecule has 120 valence electrons. The summed E-state index contributed by atoms with van der Waals surface area (Å²) in [5.74, 6) is 1.32. The quantitative estimate of drug-likeness (QED) is 0.733. The number of carbonyl (C=O) groups excluding carboxylic acids is 1. The van der Waals surface area contributed by atoms with Gasteiger partial charge in [0.05, 0.1) is 11.0 Å². The molecule has 0 radical (unpaired) electrons. The molecular formula is C17H21N5O. The van der Waals surface area contributed by atoms with Gasteiger partial charge in [0.2, 0.25) is 5.91 Å². The van der Waals surface area contributed by atoms with E-state index in [1.54, 1.807) is 6.20 Å². The molecule has 0 aliphatic carbocycles. The maximum absolute atomic E-state index is 12.0. The molecule has 6 heteroatoms. The van der Waals surface area contributed by atoms with Crippen LogP contribution in [0.1, 0.15) is 38.4 Å². The molecule has 0 aliphatic rings. The van der Waals surface area contributed by atoms with Crippen LogP contribution in [0.5, 0.6) is 0 Å². The molecule has 2 heterocycles. The summed E-state index contributed by atoms with van der Waals surface area (Å²) in [5, 5.41) is 7.06. The van der Waals surface area contributed by atoms with Gasteiger partial charge in [-0.15, -0.1) is 0 Å². The highest BCUT2D eigenvalue weighted by Crippen LogP contribution is 2.20. The number of amides is 1. The Bertz CT molecular complexity index is 789. The number of carbonyl (C=O) groups is 1. The number of anilines is 1. The number of nitrogens with one attached hydrogen (secondary N) is 2. The van der Waals surface area contributed by atoms with Crippen molar-refractivity contribution in [1.29, 1.82) is 0 Å². The number of hydrogen-bond donors (Lipinski definition) is 2. The summed E-state index contributed by atoms with van der Waals surface area (Å²) in [4.78, 5) is 19.9. The first-order chi connectivity index (χ1) is 11.1. The molecule has 0 saturated carbocycles. The van der Waals surface area contributed by atoms with Gasteiger partial charge in [-0.05, 0) is 30.7 Å². The molecule has 2 N–H and O–H groups in total. The first-order valence-electron chi connectivity index (χ1n) is 7.89. The Morgan fingerprint density at radius 1 is 1.39 bits per heavy atom. The van der Waals surface area contributed by atoms with E-state index < -0.39 is 0 Å². The molecule has 0 fully saturated rings. The van der Waals surface area contributed by atoms with Crippen LogP contribution >= 0.6 is 0 Å². The summed E-state index contributed by atoms with van der Waals surface area (Å²) >= 11 is 0. The van der Waals surface area contributed by atoms with E-state index in [0.717, 1.165) is 35.5 Å². The molecule has 23 heavy (non-hydrogen) atoms. The predicted molar refractivity (Wildman–Crippen MR) is 90.3 cm³/mol.